The van der Waals surface area contributed by atoms with Crippen molar-refractivity contribution in [3.8, 4) is 0 Å². The fraction of sp³-hybridized carbons (Fsp3) is 1.00. The average Bonchev–Trinajstić information content (AvgIpc) is 2.38. The first-order chi connectivity index (χ1) is 8.95. The predicted molar refractivity (Wildman–Crippen MR) is 85.6 cm³/mol. The molecule has 0 aromatic heterocycles. The van der Waals surface area contributed by atoms with Crippen molar-refractivity contribution in [1.82, 2.24) is 10.2 Å². The second-order valence-electron chi connectivity index (χ2n) is 7.07. The number of nitrogens with zero attached hydrogens (tertiary/aromatic N) is 1. The van der Waals surface area contributed by atoms with E-state index >= 15 is 0 Å². The molecule has 1 aliphatic rings. The normalized spacial score (nSPS) is 32.2. The molecule has 114 valence electrons. The zero-order valence-electron chi connectivity index (χ0n) is 14.1. The minimum Gasteiger partial charge on any atom is -0.309 e. The Morgan fingerprint density at radius 1 is 1.26 bits per heavy atom. The summed E-state index contributed by atoms with van der Waals surface area (Å²) in [6.07, 6.45) is 5.18. The van der Waals surface area contributed by atoms with E-state index in [2.05, 4.69) is 51.8 Å². The van der Waals surface area contributed by atoms with Crippen LogP contribution < -0.4 is 5.32 Å². The fourth-order valence-corrected chi connectivity index (χ4v) is 3.36. The monoisotopic (exact) mass is 268 g/mol. The van der Waals surface area contributed by atoms with Gasteiger partial charge in [-0.25, -0.2) is 0 Å². The quantitative estimate of drug-likeness (QED) is 0.753. The summed E-state index contributed by atoms with van der Waals surface area (Å²) in [6, 6.07) is 0.726. The molecule has 0 radical (unpaired) electrons. The van der Waals surface area contributed by atoms with Gasteiger partial charge in [-0.3, -0.25) is 4.90 Å². The average molecular weight is 268 g/mol. The molecule has 1 saturated heterocycles. The molecule has 0 saturated carbocycles. The van der Waals surface area contributed by atoms with Crippen LogP contribution in [0, 0.1) is 11.8 Å². The number of hydrogen-bond donors (Lipinski definition) is 1. The van der Waals surface area contributed by atoms with Crippen LogP contribution in [0.1, 0.15) is 67.2 Å². The SMILES string of the molecule is CCCC(C)CN1CC(C)(CC)NCC1C(C)CC. The first-order valence-electron chi connectivity index (χ1n) is 8.44. The maximum absolute atomic E-state index is 3.80. The molecule has 1 rings (SSSR count). The van der Waals surface area contributed by atoms with Gasteiger partial charge in [-0.1, -0.05) is 47.5 Å². The van der Waals surface area contributed by atoms with Crippen LogP contribution in [0.4, 0.5) is 0 Å². The lowest BCUT2D eigenvalue weighted by molar-refractivity contribution is 0.0432. The summed E-state index contributed by atoms with van der Waals surface area (Å²) >= 11 is 0. The van der Waals surface area contributed by atoms with Crippen LogP contribution in [0.5, 0.6) is 0 Å². The summed E-state index contributed by atoms with van der Waals surface area (Å²) in [5, 5.41) is 3.80. The zero-order chi connectivity index (χ0) is 14.5. The summed E-state index contributed by atoms with van der Waals surface area (Å²) in [6.45, 7) is 17.8. The third kappa shape index (κ3) is 4.75. The van der Waals surface area contributed by atoms with Gasteiger partial charge in [0.1, 0.15) is 0 Å². The minimum atomic E-state index is 0.315. The van der Waals surface area contributed by atoms with Crippen LogP contribution in [0.25, 0.3) is 0 Å². The fourth-order valence-electron chi connectivity index (χ4n) is 3.36. The molecule has 4 unspecified atom stereocenters. The van der Waals surface area contributed by atoms with Crippen LogP contribution >= 0.6 is 0 Å². The summed E-state index contributed by atoms with van der Waals surface area (Å²) < 4.78 is 0. The van der Waals surface area contributed by atoms with Crippen molar-refractivity contribution in [2.45, 2.75) is 78.8 Å². The Bertz CT molecular complexity index is 254. The highest BCUT2D eigenvalue weighted by atomic mass is 15.3. The van der Waals surface area contributed by atoms with Gasteiger partial charge in [0, 0.05) is 31.2 Å². The second kappa shape index (κ2) is 7.64. The van der Waals surface area contributed by atoms with Gasteiger partial charge in [-0.05, 0) is 31.6 Å². The lowest BCUT2D eigenvalue weighted by atomic mass is 9.87. The Hall–Kier alpha value is -0.0800. The van der Waals surface area contributed by atoms with Crippen LogP contribution in [0.15, 0.2) is 0 Å². The Morgan fingerprint density at radius 2 is 1.95 bits per heavy atom. The molecule has 19 heavy (non-hydrogen) atoms. The van der Waals surface area contributed by atoms with Crippen molar-refractivity contribution in [2.24, 2.45) is 11.8 Å². The van der Waals surface area contributed by atoms with E-state index in [4.69, 9.17) is 0 Å². The molecule has 0 aromatic carbocycles. The molecule has 2 nitrogen and oxygen atoms in total. The summed E-state index contributed by atoms with van der Waals surface area (Å²) in [5.74, 6) is 1.62. The second-order valence-corrected chi connectivity index (χ2v) is 7.07. The molecule has 0 bridgehead atoms. The van der Waals surface area contributed by atoms with E-state index in [1.807, 2.05) is 0 Å². The van der Waals surface area contributed by atoms with Gasteiger partial charge in [-0.15, -0.1) is 0 Å². The van der Waals surface area contributed by atoms with Crippen molar-refractivity contribution in [2.75, 3.05) is 19.6 Å². The number of nitrogens with one attached hydrogen (secondary N) is 1. The molecule has 2 heteroatoms. The maximum atomic E-state index is 3.80. The lowest BCUT2D eigenvalue weighted by Gasteiger charge is -2.48. The van der Waals surface area contributed by atoms with Gasteiger partial charge in [0.05, 0.1) is 0 Å². The van der Waals surface area contributed by atoms with Gasteiger partial charge in [0.25, 0.3) is 0 Å². The summed E-state index contributed by atoms with van der Waals surface area (Å²) in [4.78, 5) is 2.79. The molecular formula is C17H36N2. The predicted octanol–water partition coefficient (Wildman–Crippen LogP) is 3.91. The minimum absolute atomic E-state index is 0.315. The van der Waals surface area contributed by atoms with Crippen LogP contribution in [-0.2, 0) is 0 Å². The van der Waals surface area contributed by atoms with E-state index in [1.54, 1.807) is 0 Å². The van der Waals surface area contributed by atoms with Gasteiger partial charge in [0.2, 0.25) is 0 Å². The van der Waals surface area contributed by atoms with Gasteiger partial charge >= 0.3 is 0 Å². The van der Waals surface area contributed by atoms with Gasteiger partial charge in [-0.2, -0.15) is 0 Å². The Morgan fingerprint density at radius 3 is 2.47 bits per heavy atom. The summed E-state index contributed by atoms with van der Waals surface area (Å²) in [5.41, 5.74) is 0.315. The molecule has 1 N–H and O–H groups in total. The zero-order valence-corrected chi connectivity index (χ0v) is 14.1. The molecule has 0 amide bonds. The van der Waals surface area contributed by atoms with E-state index in [-0.39, 0.29) is 0 Å². The van der Waals surface area contributed by atoms with Crippen LogP contribution in [-0.4, -0.2) is 36.1 Å². The number of hydrogen-bond acceptors (Lipinski definition) is 2. The van der Waals surface area contributed by atoms with E-state index in [1.165, 1.54) is 38.8 Å². The highest BCUT2D eigenvalue weighted by Crippen LogP contribution is 2.25. The molecule has 0 aromatic rings. The highest BCUT2D eigenvalue weighted by Gasteiger charge is 2.36. The van der Waals surface area contributed by atoms with E-state index in [0.717, 1.165) is 24.4 Å². The maximum Gasteiger partial charge on any atom is 0.0278 e. The highest BCUT2D eigenvalue weighted by molar-refractivity contribution is 4.96. The number of rotatable bonds is 7. The van der Waals surface area contributed by atoms with Gasteiger partial charge in [0.15, 0.2) is 0 Å². The van der Waals surface area contributed by atoms with Gasteiger partial charge < -0.3 is 5.32 Å². The molecule has 1 fully saturated rings. The summed E-state index contributed by atoms with van der Waals surface area (Å²) in [7, 11) is 0. The number of piperazine rings is 1. The Kier molecular flexibility index (Phi) is 6.82. The Labute approximate surface area is 121 Å². The molecular weight excluding hydrogens is 232 g/mol. The third-order valence-corrected chi connectivity index (χ3v) is 5.17. The molecule has 1 heterocycles. The van der Waals surface area contributed by atoms with Crippen molar-refractivity contribution in [3.05, 3.63) is 0 Å². The topological polar surface area (TPSA) is 15.3 Å². The largest absolute Gasteiger partial charge is 0.309 e. The smallest absolute Gasteiger partial charge is 0.0278 e. The molecule has 0 aliphatic carbocycles. The van der Waals surface area contributed by atoms with Crippen LogP contribution in [0.2, 0.25) is 0 Å². The molecule has 1 aliphatic heterocycles. The van der Waals surface area contributed by atoms with Crippen molar-refractivity contribution < 1.29 is 0 Å². The first-order valence-corrected chi connectivity index (χ1v) is 8.44. The van der Waals surface area contributed by atoms with E-state index < -0.39 is 0 Å². The standard InChI is InChI=1S/C17H36N2/c1-7-10-14(4)12-19-13-17(6,9-3)18-11-16(19)15(5)8-2/h14-16,18H,7-13H2,1-6H3. The Balaban J connectivity index is 2.70. The first kappa shape index (κ1) is 17.0. The lowest BCUT2D eigenvalue weighted by Crippen LogP contribution is -2.64. The van der Waals surface area contributed by atoms with E-state index in [9.17, 15) is 0 Å². The van der Waals surface area contributed by atoms with Crippen molar-refractivity contribution in [3.63, 3.8) is 0 Å². The van der Waals surface area contributed by atoms with Crippen LogP contribution in [0.3, 0.4) is 0 Å². The van der Waals surface area contributed by atoms with E-state index in [0.29, 0.717) is 5.54 Å². The molecule has 0 spiro atoms. The van der Waals surface area contributed by atoms with Crippen molar-refractivity contribution in [1.29, 1.82) is 0 Å². The third-order valence-electron chi connectivity index (χ3n) is 5.17. The van der Waals surface area contributed by atoms with Crippen molar-refractivity contribution >= 4 is 0 Å². The molecule has 4 atom stereocenters.